The fourth-order valence-electron chi connectivity index (χ4n) is 0.524. The second kappa shape index (κ2) is 2.53. The zero-order valence-electron chi connectivity index (χ0n) is 6.41. The average molecular weight is 147 g/mol. The quantitative estimate of drug-likeness (QED) is 0.588. The molecule has 0 aliphatic rings. The van der Waals surface area contributed by atoms with Crippen molar-refractivity contribution < 1.29 is 8.78 Å². The molecule has 0 bridgehead atoms. The molecule has 0 saturated heterocycles. The van der Waals surface area contributed by atoms with Crippen molar-refractivity contribution in [2.24, 2.45) is 5.41 Å². The van der Waals surface area contributed by atoms with Crippen molar-refractivity contribution in [1.29, 1.82) is 5.26 Å². The lowest BCUT2D eigenvalue weighted by atomic mass is 9.86. The van der Waals surface area contributed by atoms with Gasteiger partial charge in [0.15, 0.2) is 0 Å². The van der Waals surface area contributed by atoms with Crippen LogP contribution in [0.1, 0.15) is 27.2 Å². The molecule has 0 aromatic heterocycles. The molecule has 1 nitrogen and oxygen atoms in total. The highest BCUT2D eigenvalue weighted by atomic mass is 19.3. The smallest absolute Gasteiger partial charge is 0.205 e. The Kier molecular flexibility index (Phi) is 2.37. The van der Waals surface area contributed by atoms with Gasteiger partial charge in [0.05, 0.1) is 6.07 Å². The number of nitriles is 1. The van der Waals surface area contributed by atoms with Gasteiger partial charge in [-0.2, -0.15) is 5.26 Å². The van der Waals surface area contributed by atoms with E-state index in [-0.39, 0.29) is 6.42 Å². The van der Waals surface area contributed by atoms with Gasteiger partial charge in [0.2, 0.25) is 0 Å². The summed E-state index contributed by atoms with van der Waals surface area (Å²) in [5, 5.41) is 8.33. The van der Waals surface area contributed by atoms with Crippen LogP contribution in [-0.2, 0) is 0 Å². The molecule has 0 aromatic rings. The number of hydrogen-bond acceptors (Lipinski definition) is 1. The molecular weight excluding hydrogens is 136 g/mol. The topological polar surface area (TPSA) is 23.8 Å². The first-order valence-electron chi connectivity index (χ1n) is 3.16. The van der Waals surface area contributed by atoms with Gasteiger partial charge in [-0.1, -0.05) is 6.92 Å². The van der Waals surface area contributed by atoms with Crippen LogP contribution in [0.2, 0.25) is 0 Å². The minimum absolute atomic E-state index is 0.284. The van der Waals surface area contributed by atoms with E-state index in [0.717, 1.165) is 0 Å². The lowest BCUT2D eigenvalue weighted by Gasteiger charge is -2.25. The first-order chi connectivity index (χ1) is 4.37. The third-order valence-corrected chi connectivity index (χ3v) is 1.64. The largest absolute Gasteiger partial charge is 0.265 e. The standard InChI is InChI=1S/C7H11F2N/c1-4-7(8,9)6(2,3)5-10/h4H2,1-3H3. The predicted molar refractivity (Wildman–Crippen MR) is 34.6 cm³/mol. The van der Waals surface area contributed by atoms with Gasteiger partial charge >= 0.3 is 0 Å². The highest BCUT2D eigenvalue weighted by Gasteiger charge is 2.45. The SMILES string of the molecule is CCC(F)(F)C(C)(C)C#N. The fraction of sp³-hybridized carbons (Fsp3) is 0.857. The summed E-state index contributed by atoms with van der Waals surface area (Å²) in [6, 6.07) is 1.58. The summed E-state index contributed by atoms with van der Waals surface area (Å²) in [5.41, 5.74) is -1.54. The number of rotatable bonds is 2. The molecule has 3 heteroatoms. The number of halogens is 2. The second-order valence-corrected chi connectivity index (χ2v) is 2.79. The van der Waals surface area contributed by atoms with Gasteiger partial charge in [0, 0.05) is 6.42 Å². The monoisotopic (exact) mass is 147 g/mol. The van der Waals surface area contributed by atoms with Crippen LogP contribution < -0.4 is 0 Å². The summed E-state index contributed by atoms with van der Waals surface area (Å²) in [5.74, 6) is -2.87. The maximum Gasteiger partial charge on any atom is 0.265 e. The van der Waals surface area contributed by atoms with Crippen molar-refractivity contribution in [2.45, 2.75) is 33.1 Å². The van der Waals surface area contributed by atoms with E-state index in [9.17, 15) is 8.78 Å². The van der Waals surface area contributed by atoms with Crippen molar-refractivity contribution >= 4 is 0 Å². The summed E-state index contributed by atoms with van der Waals surface area (Å²) in [4.78, 5) is 0. The van der Waals surface area contributed by atoms with Crippen LogP contribution in [0.4, 0.5) is 8.78 Å². The summed E-state index contributed by atoms with van der Waals surface area (Å²) in [6.07, 6.45) is -0.284. The molecule has 0 aromatic carbocycles. The fourth-order valence-corrected chi connectivity index (χ4v) is 0.524. The van der Waals surface area contributed by atoms with Gasteiger partial charge in [0.1, 0.15) is 5.41 Å². The molecule has 0 saturated carbocycles. The highest BCUT2D eigenvalue weighted by Crippen LogP contribution is 2.37. The molecule has 0 spiro atoms. The Hall–Kier alpha value is -0.650. The van der Waals surface area contributed by atoms with Crippen LogP contribution in [0.5, 0.6) is 0 Å². The van der Waals surface area contributed by atoms with Gasteiger partial charge in [0.25, 0.3) is 5.92 Å². The first-order valence-corrected chi connectivity index (χ1v) is 3.16. The van der Waals surface area contributed by atoms with Crippen molar-refractivity contribution in [3.8, 4) is 6.07 Å². The van der Waals surface area contributed by atoms with Crippen molar-refractivity contribution in [2.75, 3.05) is 0 Å². The maximum absolute atomic E-state index is 12.7. The molecule has 58 valence electrons. The maximum atomic E-state index is 12.7. The lowest BCUT2D eigenvalue weighted by molar-refractivity contribution is -0.0805. The van der Waals surface area contributed by atoms with E-state index in [1.807, 2.05) is 0 Å². The summed E-state index contributed by atoms with van der Waals surface area (Å²) in [6.45, 7) is 3.87. The Morgan fingerprint density at radius 2 is 1.80 bits per heavy atom. The van der Waals surface area contributed by atoms with Crippen LogP contribution in [0.3, 0.4) is 0 Å². The molecule has 0 heterocycles. The van der Waals surface area contributed by atoms with E-state index in [1.165, 1.54) is 20.8 Å². The molecular formula is C7H11F2N. The molecule has 0 atom stereocenters. The second-order valence-electron chi connectivity index (χ2n) is 2.79. The molecule has 0 radical (unpaired) electrons. The van der Waals surface area contributed by atoms with Crippen LogP contribution in [0.15, 0.2) is 0 Å². The van der Waals surface area contributed by atoms with Gasteiger partial charge in [-0.3, -0.25) is 0 Å². The molecule has 0 N–H and O–H groups in total. The van der Waals surface area contributed by atoms with Crippen molar-refractivity contribution in [3.63, 3.8) is 0 Å². The molecule has 0 aliphatic heterocycles. The van der Waals surface area contributed by atoms with Gasteiger partial charge in [-0.15, -0.1) is 0 Å². The number of nitrogens with zero attached hydrogens (tertiary/aromatic N) is 1. The molecule has 0 fully saturated rings. The van der Waals surface area contributed by atoms with E-state index >= 15 is 0 Å². The summed E-state index contributed by atoms with van der Waals surface area (Å²) in [7, 11) is 0. The Labute approximate surface area is 59.7 Å². The molecule has 0 amide bonds. The zero-order chi connectivity index (χ0) is 8.41. The van der Waals surface area contributed by atoms with E-state index in [0.29, 0.717) is 0 Å². The molecule has 0 aliphatic carbocycles. The molecule has 0 unspecified atom stereocenters. The number of alkyl halides is 2. The lowest BCUT2D eigenvalue weighted by Crippen LogP contribution is -2.34. The van der Waals surface area contributed by atoms with Gasteiger partial charge in [-0.05, 0) is 13.8 Å². The van der Waals surface area contributed by atoms with E-state index in [4.69, 9.17) is 5.26 Å². The third-order valence-electron chi connectivity index (χ3n) is 1.64. The Morgan fingerprint density at radius 1 is 1.40 bits per heavy atom. The predicted octanol–water partition coefficient (Wildman–Crippen LogP) is 2.58. The summed E-state index contributed by atoms with van der Waals surface area (Å²) >= 11 is 0. The van der Waals surface area contributed by atoms with Gasteiger partial charge in [-0.25, -0.2) is 8.78 Å². The Bertz CT molecular complexity index is 155. The minimum atomic E-state index is -2.87. The van der Waals surface area contributed by atoms with E-state index < -0.39 is 11.3 Å². The molecule has 10 heavy (non-hydrogen) atoms. The van der Waals surface area contributed by atoms with Gasteiger partial charge < -0.3 is 0 Å². The minimum Gasteiger partial charge on any atom is -0.205 e. The van der Waals surface area contributed by atoms with Crippen molar-refractivity contribution in [3.05, 3.63) is 0 Å². The van der Waals surface area contributed by atoms with Crippen molar-refractivity contribution in [1.82, 2.24) is 0 Å². The average Bonchev–Trinajstić information content (AvgIpc) is 1.88. The zero-order valence-corrected chi connectivity index (χ0v) is 6.41. The first kappa shape index (κ1) is 9.35. The number of hydrogen-bond donors (Lipinski definition) is 0. The van der Waals surface area contributed by atoms with Crippen LogP contribution in [0.25, 0.3) is 0 Å². The van der Waals surface area contributed by atoms with Crippen LogP contribution >= 0.6 is 0 Å². The third kappa shape index (κ3) is 1.44. The highest BCUT2D eigenvalue weighted by molar-refractivity contribution is 5.01. The van der Waals surface area contributed by atoms with E-state index in [1.54, 1.807) is 6.07 Å². The molecule has 0 rings (SSSR count). The normalized spacial score (nSPS) is 12.8. The van der Waals surface area contributed by atoms with Crippen LogP contribution in [-0.4, -0.2) is 5.92 Å². The summed E-state index contributed by atoms with van der Waals surface area (Å²) < 4.78 is 25.4. The van der Waals surface area contributed by atoms with E-state index in [2.05, 4.69) is 0 Å². The Morgan fingerprint density at radius 3 is 1.90 bits per heavy atom. The van der Waals surface area contributed by atoms with Crippen LogP contribution in [0, 0.1) is 16.7 Å². The Balaban J connectivity index is 4.49.